The number of carbonyl (C=O) groups excluding carboxylic acids is 2. The van der Waals surface area contributed by atoms with Crippen molar-refractivity contribution >= 4 is 33.0 Å². The molecular formula is C22H21FN2O5S2. The van der Waals surface area contributed by atoms with E-state index >= 15 is 0 Å². The van der Waals surface area contributed by atoms with Gasteiger partial charge in [-0.25, -0.2) is 12.8 Å². The quantitative estimate of drug-likeness (QED) is 0.385. The Morgan fingerprint density at radius 3 is 2.41 bits per heavy atom. The van der Waals surface area contributed by atoms with E-state index in [0.29, 0.717) is 10.6 Å². The topological polar surface area (TPSA) is 102 Å². The van der Waals surface area contributed by atoms with Gasteiger partial charge in [0, 0.05) is 18.0 Å². The molecule has 0 bridgehead atoms. The van der Waals surface area contributed by atoms with Crippen molar-refractivity contribution in [3.8, 4) is 5.75 Å². The summed E-state index contributed by atoms with van der Waals surface area (Å²) in [4.78, 5) is 24.9. The number of sulfone groups is 1. The van der Waals surface area contributed by atoms with Gasteiger partial charge in [0.05, 0.1) is 12.0 Å². The highest BCUT2D eigenvalue weighted by atomic mass is 32.2. The van der Waals surface area contributed by atoms with Crippen LogP contribution in [0.2, 0.25) is 0 Å². The van der Waals surface area contributed by atoms with Crippen molar-refractivity contribution in [3.63, 3.8) is 0 Å². The van der Waals surface area contributed by atoms with Crippen molar-refractivity contribution in [2.75, 3.05) is 13.7 Å². The van der Waals surface area contributed by atoms with Gasteiger partial charge in [-0.1, -0.05) is 18.2 Å². The van der Waals surface area contributed by atoms with Crippen LogP contribution in [0.15, 0.2) is 70.9 Å². The third-order valence-electron chi connectivity index (χ3n) is 4.62. The number of rotatable bonds is 8. The lowest BCUT2D eigenvalue weighted by Gasteiger charge is -2.17. The number of amides is 2. The van der Waals surface area contributed by atoms with Crippen LogP contribution in [0.5, 0.6) is 5.75 Å². The Balaban J connectivity index is 1.67. The summed E-state index contributed by atoms with van der Waals surface area (Å²) in [6, 6.07) is 14.8. The van der Waals surface area contributed by atoms with E-state index in [4.69, 9.17) is 4.74 Å². The molecule has 0 radical (unpaired) electrons. The molecule has 0 saturated carbocycles. The first kappa shape index (κ1) is 23.4. The lowest BCUT2D eigenvalue weighted by molar-refractivity contribution is -0.139. The second-order valence-electron chi connectivity index (χ2n) is 6.75. The van der Waals surface area contributed by atoms with Gasteiger partial charge >= 0.3 is 11.8 Å². The van der Waals surface area contributed by atoms with Crippen molar-refractivity contribution in [1.29, 1.82) is 0 Å². The highest BCUT2D eigenvalue weighted by Crippen LogP contribution is 2.31. The molecule has 10 heteroatoms. The highest BCUT2D eigenvalue weighted by molar-refractivity contribution is 7.91. The molecule has 32 heavy (non-hydrogen) atoms. The van der Waals surface area contributed by atoms with Crippen LogP contribution in [0.3, 0.4) is 0 Å². The van der Waals surface area contributed by atoms with E-state index in [2.05, 4.69) is 10.6 Å². The molecule has 0 saturated heterocycles. The van der Waals surface area contributed by atoms with Crippen LogP contribution in [-0.4, -0.2) is 33.9 Å². The maximum Gasteiger partial charge on any atom is 0.309 e. The van der Waals surface area contributed by atoms with Gasteiger partial charge in [-0.05, 0) is 53.4 Å². The first-order chi connectivity index (χ1) is 15.3. The summed E-state index contributed by atoms with van der Waals surface area (Å²) in [5.74, 6) is -1.79. The van der Waals surface area contributed by atoms with E-state index in [1.165, 1.54) is 30.6 Å². The Morgan fingerprint density at radius 2 is 1.75 bits per heavy atom. The zero-order valence-corrected chi connectivity index (χ0v) is 18.7. The van der Waals surface area contributed by atoms with E-state index < -0.39 is 32.7 Å². The molecule has 1 atom stereocenters. The Hall–Kier alpha value is -3.24. The second-order valence-corrected chi connectivity index (χ2v) is 9.86. The Morgan fingerprint density at radius 1 is 1.03 bits per heavy atom. The molecule has 168 valence electrons. The minimum atomic E-state index is -3.94. The zero-order valence-electron chi connectivity index (χ0n) is 17.1. The smallest absolute Gasteiger partial charge is 0.309 e. The van der Waals surface area contributed by atoms with Gasteiger partial charge < -0.3 is 15.4 Å². The standard InChI is InChI=1S/C22H21FN2O5S2/c1-30-17-5-2-4-15(12-17)13-24-21(26)22(27)25-14-20(19-6-3-11-31-19)32(28,29)18-9-7-16(23)8-10-18/h2-12,20H,13-14H2,1H3,(H,24,26)(H,25,27)/t20-/m0/s1. The molecule has 0 aliphatic rings. The number of thiophene rings is 1. The fourth-order valence-corrected chi connectivity index (χ4v) is 5.72. The maximum absolute atomic E-state index is 13.2. The van der Waals surface area contributed by atoms with Crippen LogP contribution in [0, 0.1) is 5.82 Å². The van der Waals surface area contributed by atoms with Crippen molar-refractivity contribution in [1.82, 2.24) is 10.6 Å². The summed E-state index contributed by atoms with van der Waals surface area (Å²) in [5, 5.41) is 5.48. The molecule has 0 aliphatic carbocycles. The summed E-state index contributed by atoms with van der Waals surface area (Å²) < 4.78 is 44.6. The summed E-state index contributed by atoms with van der Waals surface area (Å²) in [5.41, 5.74) is 0.737. The van der Waals surface area contributed by atoms with Crippen molar-refractivity contribution in [2.45, 2.75) is 16.7 Å². The van der Waals surface area contributed by atoms with Crippen molar-refractivity contribution < 1.29 is 27.1 Å². The molecule has 2 aromatic carbocycles. The Labute approximate surface area is 189 Å². The second kappa shape index (κ2) is 10.4. The summed E-state index contributed by atoms with van der Waals surface area (Å²) in [6.07, 6.45) is 0. The molecule has 0 fully saturated rings. The molecule has 7 nitrogen and oxygen atoms in total. The summed E-state index contributed by atoms with van der Waals surface area (Å²) >= 11 is 1.21. The number of methoxy groups -OCH3 is 1. The molecule has 2 amide bonds. The molecule has 0 unspecified atom stereocenters. The van der Waals surface area contributed by atoms with Crippen LogP contribution in [-0.2, 0) is 26.0 Å². The average Bonchev–Trinajstić information content (AvgIpc) is 3.32. The summed E-state index contributed by atoms with van der Waals surface area (Å²) in [6.45, 7) is -0.211. The van der Waals surface area contributed by atoms with Crippen LogP contribution < -0.4 is 15.4 Å². The van der Waals surface area contributed by atoms with Gasteiger partial charge in [-0.2, -0.15) is 0 Å². The fourth-order valence-electron chi connectivity index (χ4n) is 2.94. The normalized spacial score (nSPS) is 12.1. The predicted octanol–water partition coefficient (Wildman–Crippen LogP) is 2.84. The van der Waals surface area contributed by atoms with E-state index in [1.807, 2.05) is 0 Å². The predicted molar refractivity (Wildman–Crippen MR) is 118 cm³/mol. The van der Waals surface area contributed by atoms with Crippen LogP contribution >= 0.6 is 11.3 Å². The molecule has 3 rings (SSSR count). The number of carbonyl (C=O) groups is 2. The van der Waals surface area contributed by atoms with E-state index in [0.717, 1.165) is 17.7 Å². The lowest BCUT2D eigenvalue weighted by atomic mass is 10.2. The highest BCUT2D eigenvalue weighted by Gasteiger charge is 2.31. The van der Waals surface area contributed by atoms with Crippen LogP contribution in [0.4, 0.5) is 4.39 Å². The largest absolute Gasteiger partial charge is 0.497 e. The zero-order chi connectivity index (χ0) is 23.1. The third-order valence-corrected chi connectivity index (χ3v) is 7.85. The molecule has 2 N–H and O–H groups in total. The van der Waals surface area contributed by atoms with E-state index in [9.17, 15) is 22.4 Å². The van der Waals surface area contributed by atoms with Crippen molar-refractivity contribution in [3.05, 3.63) is 82.3 Å². The first-order valence-corrected chi connectivity index (χ1v) is 12.0. The van der Waals surface area contributed by atoms with Gasteiger partial charge in [-0.3, -0.25) is 9.59 Å². The number of nitrogens with one attached hydrogen (secondary N) is 2. The molecule has 3 aromatic rings. The van der Waals surface area contributed by atoms with Gasteiger partial charge in [0.2, 0.25) is 0 Å². The van der Waals surface area contributed by atoms with Crippen LogP contribution in [0.25, 0.3) is 0 Å². The monoisotopic (exact) mass is 476 g/mol. The number of benzene rings is 2. The molecule has 0 spiro atoms. The van der Waals surface area contributed by atoms with Gasteiger partial charge in [-0.15, -0.1) is 11.3 Å². The average molecular weight is 477 g/mol. The minimum absolute atomic E-state index is 0.0750. The number of hydrogen-bond acceptors (Lipinski definition) is 6. The molecule has 0 aliphatic heterocycles. The number of hydrogen-bond donors (Lipinski definition) is 2. The molecule has 1 aromatic heterocycles. The van der Waals surface area contributed by atoms with Crippen molar-refractivity contribution in [2.24, 2.45) is 0 Å². The third kappa shape index (κ3) is 5.71. The lowest BCUT2D eigenvalue weighted by Crippen LogP contribution is -2.42. The SMILES string of the molecule is COc1cccc(CNC(=O)C(=O)NC[C@@H](c2cccs2)S(=O)(=O)c2ccc(F)cc2)c1. The maximum atomic E-state index is 13.2. The first-order valence-electron chi connectivity index (χ1n) is 9.53. The van der Waals surface area contributed by atoms with Crippen LogP contribution in [0.1, 0.15) is 15.7 Å². The van der Waals surface area contributed by atoms with Gasteiger partial charge in [0.15, 0.2) is 9.84 Å². The van der Waals surface area contributed by atoms with Gasteiger partial charge in [0.25, 0.3) is 0 Å². The molecular weight excluding hydrogens is 455 g/mol. The summed E-state index contributed by atoms with van der Waals surface area (Å²) in [7, 11) is -2.42. The fraction of sp³-hybridized carbons (Fsp3) is 0.182. The Bertz CT molecular complexity index is 1180. The number of halogens is 1. The minimum Gasteiger partial charge on any atom is -0.497 e. The number of ether oxygens (including phenoxy) is 1. The molecule has 1 heterocycles. The Kier molecular flexibility index (Phi) is 7.60. The van der Waals surface area contributed by atoms with Gasteiger partial charge in [0.1, 0.15) is 16.8 Å². The van der Waals surface area contributed by atoms with E-state index in [1.54, 1.807) is 41.8 Å². The van der Waals surface area contributed by atoms with E-state index in [-0.39, 0.29) is 18.0 Å².